The molecule has 0 N–H and O–H groups in total. The fourth-order valence-electron chi connectivity index (χ4n) is 2.48. The minimum atomic E-state index is 0.333. The van der Waals surface area contributed by atoms with Crippen molar-refractivity contribution in [3.63, 3.8) is 0 Å². The predicted octanol–water partition coefficient (Wildman–Crippen LogP) is 3.75. The van der Waals surface area contributed by atoms with E-state index in [2.05, 4.69) is 79.4 Å². The summed E-state index contributed by atoms with van der Waals surface area (Å²) in [5.74, 6) is 0. The molecule has 0 spiro atoms. The van der Waals surface area contributed by atoms with Gasteiger partial charge in [-0.3, -0.25) is 0 Å². The van der Waals surface area contributed by atoms with Crippen molar-refractivity contribution in [2.24, 2.45) is 0 Å². The summed E-state index contributed by atoms with van der Waals surface area (Å²) in [7, 11) is 0.454. The second-order valence-corrected chi connectivity index (χ2v) is 6.35. The van der Waals surface area contributed by atoms with Crippen molar-refractivity contribution in [2.75, 3.05) is 26.2 Å². The molecule has 0 aliphatic heterocycles. The molecule has 0 saturated heterocycles. The first-order chi connectivity index (χ1) is 10.8. The van der Waals surface area contributed by atoms with Gasteiger partial charge in [0.25, 0.3) is 0 Å². The first-order valence-corrected chi connectivity index (χ1v) is 9.03. The Morgan fingerprint density at radius 3 is 1.82 bits per heavy atom. The Bertz CT molecular complexity index is 474. The summed E-state index contributed by atoms with van der Waals surface area (Å²) in [6, 6.07) is 21.3. The van der Waals surface area contributed by atoms with E-state index in [0.717, 1.165) is 26.2 Å². The lowest BCUT2D eigenvalue weighted by Gasteiger charge is -2.20. The largest absolute Gasteiger partial charge is 0.415 e. The van der Waals surface area contributed by atoms with Crippen LogP contribution in [0.3, 0.4) is 0 Å². The van der Waals surface area contributed by atoms with Crippen LogP contribution in [0.5, 0.6) is 0 Å². The molecule has 2 nitrogen and oxygen atoms in total. The Morgan fingerprint density at radius 1 is 0.864 bits per heavy atom. The van der Waals surface area contributed by atoms with Crippen molar-refractivity contribution < 1.29 is 4.43 Å². The Balaban J connectivity index is 1.98. The van der Waals surface area contributed by atoms with Crippen molar-refractivity contribution >= 4 is 9.76 Å². The summed E-state index contributed by atoms with van der Waals surface area (Å²) in [4.78, 5) is 2.39. The van der Waals surface area contributed by atoms with Crippen LogP contribution in [0.4, 0.5) is 0 Å². The Kier molecular flexibility index (Phi) is 7.36. The van der Waals surface area contributed by atoms with Crippen molar-refractivity contribution in [1.82, 2.24) is 4.90 Å². The second-order valence-electron chi connectivity index (χ2n) is 5.25. The van der Waals surface area contributed by atoms with Gasteiger partial charge in [-0.25, -0.2) is 0 Å². The third-order valence-electron chi connectivity index (χ3n) is 3.87. The summed E-state index contributed by atoms with van der Waals surface area (Å²) in [5.41, 5.74) is 2.99. The molecule has 3 heteroatoms. The Labute approximate surface area is 137 Å². The smallest absolute Gasteiger partial charge is 0.242 e. The van der Waals surface area contributed by atoms with Gasteiger partial charge in [0, 0.05) is 18.7 Å². The van der Waals surface area contributed by atoms with Gasteiger partial charge in [0.15, 0.2) is 0 Å². The summed E-state index contributed by atoms with van der Waals surface area (Å²) >= 11 is 0. The predicted molar refractivity (Wildman–Crippen MR) is 94.2 cm³/mol. The van der Waals surface area contributed by atoms with Crippen LogP contribution in [-0.2, 0) is 4.43 Å². The zero-order valence-electron chi connectivity index (χ0n) is 13.5. The van der Waals surface area contributed by atoms with Gasteiger partial charge < -0.3 is 9.33 Å². The number of likely N-dealkylation sites (N-methyl/N-ethyl adjacent to an activating group) is 1. The van der Waals surface area contributed by atoms with Gasteiger partial charge in [-0.1, -0.05) is 74.5 Å². The number of rotatable bonds is 9. The van der Waals surface area contributed by atoms with Crippen LogP contribution in [0.15, 0.2) is 60.7 Å². The van der Waals surface area contributed by atoms with E-state index in [1.807, 2.05) is 0 Å². The minimum Gasteiger partial charge on any atom is -0.415 e. The quantitative estimate of drug-likeness (QED) is 0.516. The third kappa shape index (κ3) is 5.09. The fourth-order valence-corrected chi connectivity index (χ4v) is 3.51. The van der Waals surface area contributed by atoms with Crippen molar-refractivity contribution in [2.45, 2.75) is 19.4 Å². The highest BCUT2D eigenvalue weighted by Crippen LogP contribution is 2.23. The molecular formula is C19H25NOSi. The molecule has 0 aliphatic rings. The van der Waals surface area contributed by atoms with Gasteiger partial charge in [0.05, 0.1) is 0 Å². The van der Waals surface area contributed by atoms with Crippen LogP contribution < -0.4 is 0 Å². The van der Waals surface area contributed by atoms with E-state index < -0.39 is 0 Å². The molecule has 22 heavy (non-hydrogen) atoms. The zero-order valence-corrected chi connectivity index (χ0v) is 14.5. The first-order valence-electron chi connectivity index (χ1n) is 8.04. The van der Waals surface area contributed by atoms with Gasteiger partial charge in [0.2, 0.25) is 9.76 Å². The van der Waals surface area contributed by atoms with Crippen molar-refractivity contribution in [1.29, 1.82) is 0 Å². The average Bonchev–Trinajstić information content (AvgIpc) is 2.60. The van der Waals surface area contributed by atoms with Crippen LogP contribution >= 0.6 is 0 Å². The number of nitrogens with zero attached hydrogens (tertiary/aromatic N) is 1. The van der Waals surface area contributed by atoms with E-state index in [1.54, 1.807) is 0 Å². The molecule has 2 aromatic rings. The normalized spacial score (nSPS) is 11.3. The molecular weight excluding hydrogens is 286 g/mol. The molecule has 2 aromatic carbocycles. The molecule has 0 heterocycles. The van der Waals surface area contributed by atoms with E-state index in [1.165, 1.54) is 11.1 Å². The number of benzene rings is 2. The molecule has 0 amide bonds. The molecule has 0 saturated carbocycles. The average molecular weight is 312 g/mol. The first kappa shape index (κ1) is 16.9. The van der Waals surface area contributed by atoms with Gasteiger partial charge in [-0.15, -0.1) is 0 Å². The molecule has 0 unspecified atom stereocenters. The van der Waals surface area contributed by atoms with Crippen LogP contribution in [0, 0.1) is 0 Å². The molecule has 2 rings (SSSR count). The topological polar surface area (TPSA) is 12.5 Å². The highest BCUT2D eigenvalue weighted by atomic mass is 28.2. The minimum absolute atomic E-state index is 0.333. The zero-order chi connectivity index (χ0) is 15.6. The maximum Gasteiger partial charge on any atom is 0.242 e. The van der Waals surface area contributed by atoms with Crippen LogP contribution in [-0.4, -0.2) is 40.9 Å². The number of hydrogen-bond donors (Lipinski definition) is 0. The highest BCUT2D eigenvalue weighted by molar-refractivity contribution is 6.31. The van der Waals surface area contributed by atoms with Crippen LogP contribution in [0.2, 0.25) is 0 Å². The van der Waals surface area contributed by atoms with Crippen molar-refractivity contribution in [3.8, 4) is 0 Å². The van der Waals surface area contributed by atoms with Gasteiger partial charge >= 0.3 is 0 Å². The lowest BCUT2D eigenvalue weighted by Crippen LogP contribution is -2.28. The van der Waals surface area contributed by atoms with E-state index in [0.29, 0.717) is 15.3 Å². The van der Waals surface area contributed by atoms with E-state index >= 15 is 0 Å². The molecule has 116 valence electrons. The Morgan fingerprint density at radius 2 is 1.36 bits per heavy atom. The SMILES string of the molecule is CCN(CC)CCO[Si]C(c1ccccc1)c1ccccc1. The maximum absolute atomic E-state index is 6.02. The maximum atomic E-state index is 6.02. The summed E-state index contributed by atoms with van der Waals surface area (Å²) in [6.07, 6.45) is 0. The standard InChI is InChI=1S/C19H25NOSi/c1-3-20(4-2)15-16-21-22-19(17-11-7-5-8-12-17)18-13-9-6-10-14-18/h5-14,19H,3-4,15-16H2,1-2H3. The van der Waals surface area contributed by atoms with Crippen LogP contribution in [0.1, 0.15) is 30.5 Å². The van der Waals surface area contributed by atoms with E-state index in [-0.39, 0.29) is 0 Å². The molecule has 2 radical (unpaired) electrons. The molecule has 0 aliphatic carbocycles. The van der Waals surface area contributed by atoms with Gasteiger partial charge in [-0.05, 0) is 24.2 Å². The monoisotopic (exact) mass is 311 g/mol. The molecule has 0 fully saturated rings. The molecule has 0 atom stereocenters. The summed E-state index contributed by atoms with van der Waals surface area (Å²) < 4.78 is 6.02. The highest BCUT2D eigenvalue weighted by Gasteiger charge is 2.16. The third-order valence-corrected chi connectivity index (χ3v) is 5.14. The second kappa shape index (κ2) is 9.56. The van der Waals surface area contributed by atoms with Crippen molar-refractivity contribution in [3.05, 3.63) is 71.8 Å². The number of hydrogen-bond acceptors (Lipinski definition) is 2. The summed E-state index contributed by atoms with van der Waals surface area (Å²) in [5, 5.41) is 0. The molecule has 0 bridgehead atoms. The van der Waals surface area contributed by atoms with Gasteiger partial charge in [-0.2, -0.15) is 0 Å². The summed E-state index contributed by atoms with van der Waals surface area (Å²) in [6.45, 7) is 8.38. The Hall–Kier alpha value is -1.42. The fraction of sp³-hybridized carbons (Fsp3) is 0.368. The van der Waals surface area contributed by atoms with Crippen LogP contribution in [0.25, 0.3) is 0 Å². The lowest BCUT2D eigenvalue weighted by molar-refractivity contribution is 0.227. The van der Waals surface area contributed by atoms with Gasteiger partial charge in [0.1, 0.15) is 0 Å². The lowest BCUT2D eigenvalue weighted by atomic mass is 10.0. The van der Waals surface area contributed by atoms with E-state index in [9.17, 15) is 0 Å². The molecule has 0 aromatic heterocycles. The van der Waals surface area contributed by atoms with E-state index in [4.69, 9.17) is 4.43 Å².